The van der Waals surface area contributed by atoms with Crippen LogP contribution in [0.1, 0.15) is 24.8 Å². The topological polar surface area (TPSA) is 69.1 Å². The zero-order valence-electron chi connectivity index (χ0n) is 12.5. The lowest BCUT2D eigenvalue weighted by molar-refractivity contribution is -0.151. The van der Waals surface area contributed by atoms with Gasteiger partial charge in [-0.2, -0.15) is 13.2 Å². The number of rotatable bonds is 3. The Morgan fingerprint density at radius 3 is 2.54 bits per heavy atom. The normalized spacial score (nSPS) is 13.4. The molecule has 2 N–H and O–H groups in total. The van der Waals surface area contributed by atoms with Gasteiger partial charge in [-0.05, 0) is 18.1 Å². The van der Waals surface area contributed by atoms with Crippen LogP contribution in [0.5, 0.6) is 0 Å². The molecule has 24 heavy (non-hydrogen) atoms. The van der Waals surface area contributed by atoms with Crippen molar-refractivity contribution in [1.82, 2.24) is 19.6 Å². The van der Waals surface area contributed by atoms with Gasteiger partial charge in [0.1, 0.15) is 5.52 Å². The summed E-state index contributed by atoms with van der Waals surface area (Å²) in [5.41, 5.74) is 6.23. The van der Waals surface area contributed by atoms with Crippen molar-refractivity contribution in [2.45, 2.75) is 25.4 Å². The molecule has 1 unspecified atom stereocenters. The highest BCUT2D eigenvalue weighted by Gasteiger charge is 2.39. The van der Waals surface area contributed by atoms with Crippen LogP contribution < -0.4 is 5.73 Å². The summed E-state index contributed by atoms with van der Waals surface area (Å²) in [6, 6.07) is 3.93. The Bertz CT molecular complexity index is 870. The number of fused-ring (bicyclic) bond motifs is 1. The molecule has 0 spiro atoms. The number of aromatic nitrogens is 4. The van der Waals surface area contributed by atoms with Crippen molar-refractivity contribution in [3.05, 3.63) is 42.0 Å². The number of hydrogen-bond donors (Lipinski definition) is 1. The van der Waals surface area contributed by atoms with Gasteiger partial charge in [-0.3, -0.25) is 4.98 Å². The molecule has 0 aliphatic heterocycles. The van der Waals surface area contributed by atoms with E-state index in [4.69, 9.17) is 5.73 Å². The maximum Gasteiger partial charge on any atom is 0.395 e. The third-order valence-corrected chi connectivity index (χ3v) is 3.74. The molecular weight excluding hydrogens is 326 g/mol. The van der Waals surface area contributed by atoms with Crippen LogP contribution in [-0.2, 0) is 0 Å². The van der Waals surface area contributed by atoms with Gasteiger partial charge in [0.2, 0.25) is 5.95 Å². The quantitative estimate of drug-likeness (QED) is 0.741. The van der Waals surface area contributed by atoms with E-state index in [0.717, 1.165) is 6.20 Å². The molecule has 3 rings (SSSR count). The van der Waals surface area contributed by atoms with Crippen molar-refractivity contribution in [3.63, 3.8) is 0 Å². The van der Waals surface area contributed by atoms with Crippen LogP contribution in [0.25, 0.3) is 16.9 Å². The second-order valence-electron chi connectivity index (χ2n) is 5.27. The minimum atomic E-state index is -4.34. The van der Waals surface area contributed by atoms with Gasteiger partial charge in [0.15, 0.2) is 5.82 Å². The molecule has 0 saturated carbocycles. The molecule has 3 heterocycles. The monoisotopic (exact) mass is 339 g/mol. The number of hydrogen-bond acceptors (Lipinski definition) is 4. The van der Waals surface area contributed by atoms with Crippen molar-refractivity contribution < 1.29 is 17.6 Å². The summed E-state index contributed by atoms with van der Waals surface area (Å²) in [7, 11) is 0. The fraction of sp³-hybridized carbons (Fsp3) is 0.267. The Kier molecular flexibility index (Phi) is 3.86. The minimum absolute atomic E-state index is 0.0564. The molecule has 0 fully saturated rings. The largest absolute Gasteiger partial charge is 0.395 e. The van der Waals surface area contributed by atoms with E-state index in [0.29, 0.717) is 0 Å². The molecule has 0 aliphatic rings. The van der Waals surface area contributed by atoms with Gasteiger partial charge in [0, 0.05) is 12.3 Å². The molecular formula is C15H13F4N5. The Morgan fingerprint density at radius 1 is 1.21 bits per heavy atom. The molecule has 3 aromatic rings. The molecule has 9 heteroatoms. The van der Waals surface area contributed by atoms with Gasteiger partial charge in [-0.1, -0.05) is 13.0 Å². The minimum Gasteiger partial charge on any atom is -0.367 e. The summed E-state index contributed by atoms with van der Waals surface area (Å²) < 4.78 is 54.1. The second kappa shape index (κ2) is 5.73. The Balaban J connectivity index is 2.04. The maximum absolute atomic E-state index is 13.9. The van der Waals surface area contributed by atoms with Crippen molar-refractivity contribution >= 4 is 11.5 Å². The molecule has 0 aliphatic carbocycles. The summed E-state index contributed by atoms with van der Waals surface area (Å²) in [6.07, 6.45) is -2.05. The van der Waals surface area contributed by atoms with E-state index >= 15 is 0 Å². The van der Waals surface area contributed by atoms with Crippen LogP contribution in [-0.4, -0.2) is 25.8 Å². The van der Waals surface area contributed by atoms with E-state index in [1.54, 1.807) is 0 Å². The predicted molar refractivity (Wildman–Crippen MR) is 79.7 cm³/mol. The molecule has 0 aromatic carbocycles. The molecule has 126 valence electrons. The van der Waals surface area contributed by atoms with E-state index in [9.17, 15) is 17.6 Å². The number of halogens is 4. The van der Waals surface area contributed by atoms with Crippen molar-refractivity contribution in [1.29, 1.82) is 0 Å². The lowest BCUT2D eigenvalue weighted by Crippen LogP contribution is -2.20. The number of anilines is 1. The van der Waals surface area contributed by atoms with Gasteiger partial charge in [-0.25, -0.2) is 13.9 Å². The van der Waals surface area contributed by atoms with Gasteiger partial charge in [-0.15, -0.1) is 5.10 Å². The first-order valence-corrected chi connectivity index (χ1v) is 7.14. The van der Waals surface area contributed by atoms with E-state index in [-0.39, 0.29) is 34.8 Å². The van der Waals surface area contributed by atoms with E-state index in [1.165, 1.54) is 35.8 Å². The molecule has 0 bridgehead atoms. The summed E-state index contributed by atoms with van der Waals surface area (Å²) in [6.45, 7) is 1.46. The average molecular weight is 339 g/mol. The summed E-state index contributed by atoms with van der Waals surface area (Å²) in [5, 5.41) is 3.91. The molecule has 0 saturated heterocycles. The van der Waals surface area contributed by atoms with Crippen molar-refractivity contribution in [2.24, 2.45) is 0 Å². The highest BCUT2D eigenvalue weighted by molar-refractivity contribution is 5.64. The number of pyridine rings is 1. The van der Waals surface area contributed by atoms with Crippen molar-refractivity contribution in [3.8, 4) is 11.4 Å². The third-order valence-electron chi connectivity index (χ3n) is 3.74. The number of nitrogens with two attached hydrogens (primary N) is 1. The van der Waals surface area contributed by atoms with E-state index < -0.39 is 17.9 Å². The fourth-order valence-corrected chi connectivity index (χ4v) is 2.57. The van der Waals surface area contributed by atoms with Gasteiger partial charge in [0.05, 0.1) is 23.5 Å². The number of alkyl halides is 3. The molecule has 1 atom stereocenters. The second-order valence-corrected chi connectivity index (χ2v) is 5.27. The molecule has 0 amide bonds. The smallest absolute Gasteiger partial charge is 0.367 e. The van der Waals surface area contributed by atoms with Crippen LogP contribution in [0.4, 0.5) is 23.5 Å². The first kappa shape index (κ1) is 16.2. The van der Waals surface area contributed by atoms with Gasteiger partial charge in [0.25, 0.3) is 0 Å². The fourth-order valence-electron chi connectivity index (χ4n) is 2.57. The lowest BCUT2D eigenvalue weighted by atomic mass is 9.97. The highest BCUT2D eigenvalue weighted by atomic mass is 19.4. The molecule has 0 radical (unpaired) electrons. The standard InChI is InChI=1S/C15H13F4N5/c1-2-9(15(17,18)19)8-3-4-11(21-6-8)12-5-10(16)13-7-22-14(20)23-24(12)13/h3-7,9H,2H2,1H3,(H2,20,23). The number of nitrogen functional groups attached to an aromatic ring is 1. The zero-order chi connectivity index (χ0) is 17.5. The van der Waals surface area contributed by atoms with Crippen LogP contribution in [0, 0.1) is 5.82 Å². The maximum atomic E-state index is 13.9. The van der Waals surface area contributed by atoms with E-state index in [1.807, 2.05) is 0 Å². The van der Waals surface area contributed by atoms with E-state index in [2.05, 4.69) is 15.1 Å². The highest BCUT2D eigenvalue weighted by Crippen LogP contribution is 2.37. The summed E-state index contributed by atoms with van der Waals surface area (Å²) in [4.78, 5) is 7.75. The van der Waals surface area contributed by atoms with Gasteiger partial charge >= 0.3 is 6.18 Å². The first-order valence-electron chi connectivity index (χ1n) is 7.14. The zero-order valence-corrected chi connectivity index (χ0v) is 12.5. The first-order chi connectivity index (χ1) is 11.3. The van der Waals surface area contributed by atoms with Crippen molar-refractivity contribution in [2.75, 3.05) is 5.73 Å². The van der Waals surface area contributed by atoms with Crippen LogP contribution >= 0.6 is 0 Å². The third kappa shape index (κ3) is 2.77. The Hall–Kier alpha value is -2.71. The van der Waals surface area contributed by atoms with Crippen LogP contribution in [0.2, 0.25) is 0 Å². The Labute approximate surface area is 134 Å². The SMILES string of the molecule is CCC(c1ccc(-c2cc(F)c3cnc(N)nn23)nc1)C(F)(F)F. The van der Waals surface area contributed by atoms with Gasteiger partial charge < -0.3 is 5.73 Å². The molecule has 5 nitrogen and oxygen atoms in total. The van der Waals surface area contributed by atoms with Crippen LogP contribution in [0.15, 0.2) is 30.6 Å². The Morgan fingerprint density at radius 2 is 1.96 bits per heavy atom. The average Bonchev–Trinajstić information content (AvgIpc) is 2.84. The summed E-state index contributed by atoms with van der Waals surface area (Å²) >= 11 is 0. The lowest BCUT2D eigenvalue weighted by Gasteiger charge is -2.18. The summed E-state index contributed by atoms with van der Waals surface area (Å²) in [5.74, 6) is -2.21. The predicted octanol–water partition coefficient (Wildman–Crippen LogP) is 3.57. The van der Waals surface area contributed by atoms with Crippen LogP contribution in [0.3, 0.4) is 0 Å². The molecule has 3 aromatic heterocycles. The number of nitrogens with zero attached hydrogens (tertiary/aromatic N) is 4.